The first-order chi connectivity index (χ1) is 14.6. The summed E-state index contributed by atoms with van der Waals surface area (Å²) in [6.07, 6.45) is 2.39. The van der Waals surface area contributed by atoms with Crippen molar-refractivity contribution in [1.82, 2.24) is 4.57 Å². The maximum Gasteiger partial charge on any atom is 0.285 e. The minimum absolute atomic E-state index is 0.0615. The van der Waals surface area contributed by atoms with Crippen molar-refractivity contribution >= 4 is 21.4 Å². The SMILES string of the molecule is Cc1c(C(C)(C)C)s/c(=N\S(=O)(=O)c2ccc(Oc3ccccc3)cc2)n1CC1CC1. The number of hydrogen-bond donors (Lipinski definition) is 0. The first-order valence-corrected chi connectivity index (χ1v) is 12.7. The number of thiazole rings is 1. The van der Waals surface area contributed by atoms with Crippen LogP contribution < -0.4 is 9.54 Å². The van der Waals surface area contributed by atoms with Crippen LogP contribution in [0.4, 0.5) is 0 Å². The Morgan fingerprint density at radius 1 is 1.03 bits per heavy atom. The molecule has 5 nitrogen and oxygen atoms in total. The van der Waals surface area contributed by atoms with Crippen LogP contribution in [0, 0.1) is 12.8 Å². The predicted octanol–water partition coefficient (Wildman–Crippen LogP) is 5.65. The number of hydrogen-bond acceptors (Lipinski definition) is 4. The van der Waals surface area contributed by atoms with E-state index in [1.807, 2.05) is 30.3 Å². The number of aromatic nitrogens is 1. The molecule has 0 spiro atoms. The lowest BCUT2D eigenvalue weighted by atomic mass is 9.93. The van der Waals surface area contributed by atoms with Gasteiger partial charge in [0.15, 0.2) is 0 Å². The molecule has 0 N–H and O–H groups in total. The van der Waals surface area contributed by atoms with Crippen molar-refractivity contribution in [2.75, 3.05) is 0 Å². The van der Waals surface area contributed by atoms with E-state index >= 15 is 0 Å². The van der Waals surface area contributed by atoms with Crippen LogP contribution in [0.1, 0.15) is 44.2 Å². The van der Waals surface area contributed by atoms with Gasteiger partial charge in [-0.05, 0) is 67.5 Å². The summed E-state index contributed by atoms with van der Waals surface area (Å²) in [7, 11) is -3.83. The number of benzene rings is 2. The molecular formula is C24H28N2O3S2. The molecule has 3 aromatic rings. The van der Waals surface area contributed by atoms with Gasteiger partial charge in [-0.2, -0.15) is 8.42 Å². The second-order valence-electron chi connectivity index (χ2n) is 9.06. The molecule has 1 aliphatic carbocycles. The van der Waals surface area contributed by atoms with Crippen molar-refractivity contribution in [3.05, 3.63) is 70.0 Å². The van der Waals surface area contributed by atoms with E-state index in [1.54, 1.807) is 24.3 Å². The highest BCUT2D eigenvalue weighted by molar-refractivity contribution is 7.90. The number of ether oxygens (including phenoxy) is 1. The van der Waals surface area contributed by atoms with Crippen LogP contribution in [-0.2, 0) is 22.0 Å². The normalized spacial score (nSPS) is 15.3. The van der Waals surface area contributed by atoms with Crippen molar-refractivity contribution < 1.29 is 13.2 Å². The van der Waals surface area contributed by atoms with Crippen LogP contribution >= 0.6 is 11.3 Å². The van der Waals surface area contributed by atoms with Crippen LogP contribution in [0.5, 0.6) is 11.5 Å². The Bertz CT molecular complexity index is 1230. The lowest BCUT2D eigenvalue weighted by molar-refractivity contribution is 0.482. The fourth-order valence-corrected chi connectivity index (χ4v) is 5.88. The molecule has 0 amide bonds. The van der Waals surface area contributed by atoms with Crippen LogP contribution in [-0.4, -0.2) is 13.0 Å². The molecule has 0 aliphatic heterocycles. The van der Waals surface area contributed by atoms with E-state index < -0.39 is 10.0 Å². The topological polar surface area (TPSA) is 60.7 Å². The fourth-order valence-electron chi connectivity index (χ4n) is 3.48. The number of rotatable bonds is 6. The van der Waals surface area contributed by atoms with E-state index in [2.05, 4.69) is 36.7 Å². The summed E-state index contributed by atoms with van der Waals surface area (Å²) < 4.78 is 38.3. The molecular weight excluding hydrogens is 428 g/mol. The Labute approximate surface area is 188 Å². The summed E-state index contributed by atoms with van der Waals surface area (Å²) in [5.74, 6) is 1.90. The number of sulfonamides is 1. The summed E-state index contributed by atoms with van der Waals surface area (Å²) in [6.45, 7) is 9.35. The summed E-state index contributed by atoms with van der Waals surface area (Å²) in [6, 6.07) is 15.8. The van der Waals surface area contributed by atoms with Gasteiger partial charge in [-0.3, -0.25) is 0 Å². The third-order valence-electron chi connectivity index (χ3n) is 5.28. The van der Waals surface area contributed by atoms with Gasteiger partial charge in [-0.1, -0.05) is 39.0 Å². The summed E-state index contributed by atoms with van der Waals surface area (Å²) in [5.41, 5.74) is 1.05. The molecule has 1 aromatic heterocycles. The van der Waals surface area contributed by atoms with Gasteiger partial charge in [0.25, 0.3) is 10.0 Å². The molecule has 2 aromatic carbocycles. The molecule has 1 saturated carbocycles. The molecule has 4 rings (SSSR count). The Morgan fingerprint density at radius 3 is 2.23 bits per heavy atom. The van der Waals surface area contributed by atoms with E-state index in [9.17, 15) is 8.42 Å². The van der Waals surface area contributed by atoms with Gasteiger partial charge in [0, 0.05) is 17.1 Å². The first-order valence-electron chi connectivity index (χ1n) is 10.5. The smallest absolute Gasteiger partial charge is 0.285 e. The predicted molar refractivity (Wildman–Crippen MR) is 124 cm³/mol. The molecule has 0 saturated heterocycles. The first kappa shape index (κ1) is 21.8. The molecule has 0 atom stereocenters. The van der Waals surface area contributed by atoms with Crippen molar-refractivity contribution in [3.63, 3.8) is 0 Å². The van der Waals surface area contributed by atoms with Crippen molar-refractivity contribution in [2.24, 2.45) is 10.3 Å². The van der Waals surface area contributed by atoms with Crippen LogP contribution in [0.2, 0.25) is 0 Å². The maximum atomic E-state index is 13.1. The molecule has 0 bridgehead atoms. The Morgan fingerprint density at radius 2 is 1.65 bits per heavy atom. The third-order valence-corrected chi connectivity index (χ3v) is 8.28. The maximum absolute atomic E-state index is 13.1. The van der Waals surface area contributed by atoms with Crippen molar-refractivity contribution in [1.29, 1.82) is 0 Å². The lowest BCUT2D eigenvalue weighted by Gasteiger charge is -2.17. The van der Waals surface area contributed by atoms with E-state index in [0.29, 0.717) is 22.2 Å². The van der Waals surface area contributed by atoms with E-state index in [1.165, 1.54) is 29.1 Å². The van der Waals surface area contributed by atoms with Crippen molar-refractivity contribution in [3.8, 4) is 11.5 Å². The van der Waals surface area contributed by atoms with Gasteiger partial charge >= 0.3 is 0 Å². The van der Waals surface area contributed by atoms with Crippen molar-refractivity contribution in [2.45, 2.75) is 57.4 Å². The number of para-hydroxylation sites is 1. The second-order valence-corrected chi connectivity index (χ2v) is 11.6. The Balaban J connectivity index is 1.67. The third kappa shape index (κ3) is 5.10. The molecule has 0 radical (unpaired) electrons. The molecule has 164 valence electrons. The van der Waals surface area contributed by atoms with Crippen LogP contribution in [0.15, 0.2) is 63.9 Å². The Kier molecular flexibility index (Phi) is 5.83. The molecule has 0 unspecified atom stereocenters. The van der Waals surface area contributed by atoms with Gasteiger partial charge in [0.05, 0.1) is 4.90 Å². The zero-order chi connectivity index (χ0) is 22.2. The van der Waals surface area contributed by atoms with E-state index in [0.717, 1.165) is 12.2 Å². The minimum atomic E-state index is -3.83. The summed E-state index contributed by atoms with van der Waals surface area (Å²) >= 11 is 1.48. The van der Waals surface area contributed by atoms with E-state index in [-0.39, 0.29) is 10.3 Å². The fraction of sp³-hybridized carbons (Fsp3) is 0.375. The van der Waals surface area contributed by atoms with Crippen LogP contribution in [0.3, 0.4) is 0 Å². The molecule has 31 heavy (non-hydrogen) atoms. The average Bonchev–Trinajstić information content (AvgIpc) is 3.48. The molecule has 1 fully saturated rings. The second kappa shape index (κ2) is 8.28. The molecule has 1 heterocycles. The summed E-state index contributed by atoms with van der Waals surface area (Å²) in [5, 5.41) is 0. The molecule has 1 aliphatic rings. The Hall–Kier alpha value is -2.38. The highest BCUT2D eigenvalue weighted by atomic mass is 32.2. The van der Waals surface area contributed by atoms with E-state index in [4.69, 9.17) is 4.74 Å². The minimum Gasteiger partial charge on any atom is -0.457 e. The lowest BCUT2D eigenvalue weighted by Crippen LogP contribution is -2.20. The van der Waals surface area contributed by atoms with Crippen LogP contribution in [0.25, 0.3) is 0 Å². The average molecular weight is 457 g/mol. The van der Waals surface area contributed by atoms with Gasteiger partial charge < -0.3 is 9.30 Å². The largest absolute Gasteiger partial charge is 0.457 e. The number of nitrogens with zero attached hydrogens (tertiary/aromatic N) is 2. The highest BCUT2D eigenvalue weighted by Crippen LogP contribution is 2.34. The molecule has 7 heteroatoms. The summed E-state index contributed by atoms with van der Waals surface area (Å²) in [4.78, 5) is 1.89. The zero-order valence-electron chi connectivity index (χ0n) is 18.3. The zero-order valence-corrected chi connectivity index (χ0v) is 20.0. The monoisotopic (exact) mass is 456 g/mol. The quantitative estimate of drug-likeness (QED) is 0.482. The standard InChI is InChI=1S/C24H28N2O3S2/c1-17-22(24(2,3)4)30-23(26(17)16-18-10-11-18)25-31(27,28)21-14-12-20(13-15-21)29-19-8-6-5-7-9-19/h5-9,12-15,18H,10-11,16H2,1-4H3/b25-23-. The van der Waals surface area contributed by atoms with Gasteiger partial charge in [0.1, 0.15) is 11.5 Å². The van der Waals surface area contributed by atoms with Gasteiger partial charge in [-0.15, -0.1) is 15.7 Å². The highest BCUT2D eigenvalue weighted by Gasteiger charge is 2.27. The van der Waals surface area contributed by atoms with Gasteiger partial charge in [-0.25, -0.2) is 0 Å². The van der Waals surface area contributed by atoms with Gasteiger partial charge in [0.2, 0.25) is 4.80 Å².